The summed E-state index contributed by atoms with van der Waals surface area (Å²) in [5, 5.41) is 0. The minimum atomic E-state index is 0.246. The molecule has 0 bridgehead atoms. The topological polar surface area (TPSA) is 17.1 Å². The Hall–Kier alpha value is -1.11. The minimum absolute atomic E-state index is 0.246. The first-order valence-electron chi connectivity index (χ1n) is 12.3. The van der Waals surface area contributed by atoms with Gasteiger partial charge in [-0.1, -0.05) is 70.9 Å². The van der Waals surface area contributed by atoms with Crippen molar-refractivity contribution in [3.63, 3.8) is 0 Å². The molecule has 0 aromatic heterocycles. The molecule has 0 heterocycles. The third kappa shape index (κ3) is 3.41. The number of allylic oxidation sites excluding steroid dienone is 6. The van der Waals surface area contributed by atoms with Gasteiger partial charge in [0.05, 0.1) is 0 Å². The van der Waals surface area contributed by atoms with E-state index in [-0.39, 0.29) is 5.41 Å². The number of hydrogen-bond acceptors (Lipinski definition) is 1. The second-order valence-corrected chi connectivity index (χ2v) is 11.6. The molecule has 4 rings (SSSR count). The fourth-order valence-corrected chi connectivity index (χ4v) is 7.47. The molecule has 1 nitrogen and oxygen atoms in total. The summed E-state index contributed by atoms with van der Waals surface area (Å²) in [7, 11) is 0. The van der Waals surface area contributed by atoms with Gasteiger partial charge < -0.3 is 0 Å². The third-order valence-electron chi connectivity index (χ3n) is 9.88. The Labute approximate surface area is 179 Å². The Morgan fingerprint density at radius 2 is 1.76 bits per heavy atom. The Bertz CT molecular complexity index is 752. The molecule has 0 aliphatic heterocycles. The summed E-state index contributed by atoms with van der Waals surface area (Å²) in [5.41, 5.74) is 3.91. The van der Waals surface area contributed by atoms with Crippen molar-refractivity contribution < 1.29 is 4.79 Å². The van der Waals surface area contributed by atoms with Crippen LogP contribution in [0.5, 0.6) is 0 Å². The van der Waals surface area contributed by atoms with E-state index in [0.717, 1.165) is 37.0 Å². The van der Waals surface area contributed by atoms with E-state index in [4.69, 9.17) is 0 Å². The molecule has 3 unspecified atom stereocenters. The minimum Gasteiger partial charge on any atom is -0.295 e. The van der Waals surface area contributed by atoms with Crippen LogP contribution >= 0.6 is 0 Å². The summed E-state index contributed by atoms with van der Waals surface area (Å²) in [6.07, 6.45) is 17.9. The second-order valence-electron chi connectivity index (χ2n) is 11.6. The van der Waals surface area contributed by atoms with E-state index >= 15 is 0 Å². The highest BCUT2D eigenvalue weighted by molar-refractivity contribution is 5.91. The average molecular weight is 395 g/mol. The maximum Gasteiger partial charge on any atom is 0.155 e. The Balaban J connectivity index is 1.57. The van der Waals surface area contributed by atoms with Gasteiger partial charge in [0, 0.05) is 6.42 Å². The molecule has 7 atom stereocenters. The average Bonchev–Trinajstić information content (AvgIpc) is 3.03. The van der Waals surface area contributed by atoms with Crippen molar-refractivity contribution in [2.24, 2.45) is 46.3 Å². The maximum atomic E-state index is 12.0. The molecular weight excluding hydrogens is 352 g/mol. The summed E-state index contributed by atoms with van der Waals surface area (Å²) in [6, 6.07) is 0. The molecular formula is C28H42O. The van der Waals surface area contributed by atoms with Crippen LogP contribution in [0.3, 0.4) is 0 Å². The van der Waals surface area contributed by atoms with Crippen molar-refractivity contribution in [3.05, 3.63) is 35.5 Å². The normalized spacial score (nSPS) is 41.5. The second kappa shape index (κ2) is 7.54. The summed E-state index contributed by atoms with van der Waals surface area (Å²) in [5.74, 6) is 4.66. The molecule has 2 fully saturated rings. The molecule has 0 saturated heterocycles. The van der Waals surface area contributed by atoms with Gasteiger partial charge in [0.1, 0.15) is 0 Å². The van der Waals surface area contributed by atoms with Gasteiger partial charge in [0.25, 0.3) is 0 Å². The molecule has 29 heavy (non-hydrogen) atoms. The number of ketones is 1. The quantitative estimate of drug-likeness (QED) is 0.450. The Morgan fingerprint density at radius 3 is 2.48 bits per heavy atom. The van der Waals surface area contributed by atoms with Crippen LogP contribution in [0.25, 0.3) is 0 Å². The highest BCUT2D eigenvalue weighted by atomic mass is 16.1. The molecule has 0 aromatic rings. The molecule has 0 spiro atoms. The highest BCUT2D eigenvalue weighted by Crippen LogP contribution is 2.66. The third-order valence-corrected chi connectivity index (χ3v) is 9.88. The number of fused-ring (bicyclic) bond motifs is 5. The first kappa shape index (κ1) is 21.1. The monoisotopic (exact) mass is 394 g/mol. The van der Waals surface area contributed by atoms with Gasteiger partial charge in [0.15, 0.2) is 5.78 Å². The van der Waals surface area contributed by atoms with Crippen molar-refractivity contribution in [3.8, 4) is 0 Å². The molecule has 0 radical (unpaired) electrons. The highest BCUT2D eigenvalue weighted by Gasteiger charge is 2.56. The van der Waals surface area contributed by atoms with Crippen LogP contribution in [0.1, 0.15) is 86.5 Å². The standard InChI is InChI=1S/C28H42O/c1-18(2)19(3)7-8-20(4)24-11-12-25-23-10-9-21-17-22(29)13-15-27(21,5)26(23)14-16-28(24,25)6/h7-8,10,17-20,24-26H,9,11-16H2,1-6H3/b8-7+/t19?,20-,24-,25?,26?,27+,28-/m1/s1. The molecule has 0 N–H and O–H groups in total. The Morgan fingerprint density at radius 1 is 1.00 bits per heavy atom. The van der Waals surface area contributed by atoms with Gasteiger partial charge in [-0.3, -0.25) is 4.79 Å². The van der Waals surface area contributed by atoms with Gasteiger partial charge in [-0.15, -0.1) is 0 Å². The van der Waals surface area contributed by atoms with Gasteiger partial charge in [0.2, 0.25) is 0 Å². The summed E-state index contributed by atoms with van der Waals surface area (Å²) in [6.45, 7) is 14.6. The number of carbonyl (C=O) groups is 1. The van der Waals surface area contributed by atoms with Crippen LogP contribution < -0.4 is 0 Å². The zero-order valence-corrected chi connectivity index (χ0v) is 19.6. The van der Waals surface area contributed by atoms with E-state index < -0.39 is 0 Å². The number of rotatable bonds is 4. The lowest BCUT2D eigenvalue weighted by Crippen LogP contribution is -2.46. The molecule has 160 valence electrons. The van der Waals surface area contributed by atoms with Crippen LogP contribution in [0.4, 0.5) is 0 Å². The number of carbonyl (C=O) groups excluding carboxylic acids is 1. The fourth-order valence-electron chi connectivity index (χ4n) is 7.47. The van der Waals surface area contributed by atoms with Gasteiger partial charge in [-0.2, -0.15) is 0 Å². The van der Waals surface area contributed by atoms with Crippen LogP contribution in [-0.2, 0) is 4.79 Å². The van der Waals surface area contributed by atoms with Crippen LogP contribution in [0.2, 0.25) is 0 Å². The smallest absolute Gasteiger partial charge is 0.155 e. The van der Waals surface area contributed by atoms with Crippen molar-refractivity contribution in [1.82, 2.24) is 0 Å². The van der Waals surface area contributed by atoms with E-state index in [0.29, 0.717) is 29.0 Å². The molecule has 0 aromatic carbocycles. The molecule has 1 heteroatoms. The van der Waals surface area contributed by atoms with Crippen molar-refractivity contribution in [1.29, 1.82) is 0 Å². The van der Waals surface area contributed by atoms with E-state index in [1.54, 1.807) is 5.57 Å². The zero-order chi connectivity index (χ0) is 21.0. The molecule has 0 amide bonds. The van der Waals surface area contributed by atoms with E-state index in [2.05, 4.69) is 59.8 Å². The van der Waals surface area contributed by atoms with Crippen LogP contribution in [-0.4, -0.2) is 5.78 Å². The predicted octanol–water partition coefficient (Wildman–Crippen LogP) is 7.54. The summed E-state index contributed by atoms with van der Waals surface area (Å²) >= 11 is 0. The summed E-state index contributed by atoms with van der Waals surface area (Å²) < 4.78 is 0. The predicted molar refractivity (Wildman–Crippen MR) is 122 cm³/mol. The molecule has 4 aliphatic rings. The maximum absolute atomic E-state index is 12.0. The largest absolute Gasteiger partial charge is 0.295 e. The van der Waals surface area contributed by atoms with Crippen LogP contribution in [0, 0.1) is 46.3 Å². The lowest BCUT2D eigenvalue weighted by atomic mass is 9.50. The lowest BCUT2D eigenvalue weighted by molar-refractivity contribution is -0.116. The Kier molecular flexibility index (Phi) is 5.50. The lowest BCUT2D eigenvalue weighted by Gasteiger charge is -2.54. The SMILES string of the molecule is CC(C)C(C)/C=C/[C@@H](C)[C@H]1CCC2C3=CCC4=CC(=O)CC[C@]4(C)C3CC[C@@]21C. The van der Waals surface area contributed by atoms with Gasteiger partial charge in [-0.05, 0) is 90.9 Å². The van der Waals surface area contributed by atoms with E-state index in [9.17, 15) is 4.79 Å². The molecule has 2 saturated carbocycles. The van der Waals surface area contributed by atoms with E-state index in [1.807, 2.05) is 6.08 Å². The first-order chi connectivity index (χ1) is 13.7. The fraction of sp³-hybridized carbons (Fsp3) is 0.750. The summed E-state index contributed by atoms with van der Waals surface area (Å²) in [4.78, 5) is 12.0. The van der Waals surface area contributed by atoms with Gasteiger partial charge in [-0.25, -0.2) is 0 Å². The first-order valence-corrected chi connectivity index (χ1v) is 12.3. The van der Waals surface area contributed by atoms with Crippen molar-refractivity contribution in [2.75, 3.05) is 0 Å². The van der Waals surface area contributed by atoms with Crippen LogP contribution in [0.15, 0.2) is 35.5 Å². The number of hydrogen-bond donors (Lipinski definition) is 0. The molecule has 4 aliphatic carbocycles. The van der Waals surface area contributed by atoms with Crippen molar-refractivity contribution >= 4 is 5.78 Å². The van der Waals surface area contributed by atoms with E-state index in [1.165, 1.54) is 31.3 Å². The van der Waals surface area contributed by atoms with Crippen molar-refractivity contribution in [2.45, 2.75) is 86.5 Å². The zero-order valence-electron chi connectivity index (χ0n) is 19.6. The van der Waals surface area contributed by atoms with Gasteiger partial charge >= 0.3 is 0 Å².